The normalized spacial score (nSPS) is 17.5. The predicted molar refractivity (Wildman–Crippen MR) is 123 cm³/mol. The number of furan rings is 1. The van der Waals surface area contributed by atoms with Gasteiger partial charge in [-0.25, -0.2) is 8.42 Å². The average molecular weight is 493 g/mol. The molecule has 1 saturated heterocycles. The van der Waals surface area contributed by atoms with Gasteiger partial charge in [0.2, 0.25) is 27.6 Å². The fourth-order valence-electron chi connectivity index (χ4n) is 3.81. The first-order chi connectivity index (χ1) is 15.6. The maximum atomic E-state index is 13.4. The van der Waals surface area contributed by atoms with Gasteiger partial charge in [-0.3, -0.25) is 4.79 Å². The topological polar surface area (TPSA) is 119 Å². The van der Waals surface area contributed by atoms with Crippen LogP contribution in [0, 0.1) is 19.8 Å². The maximum absolute atomic E-state index is 13.4. The molecule has 0 aliphatic carbocycles. The summed E-state index contributed by atoms with van der Waals surface area (Å²) in [6.07, 6.45) is 1.26. The second-order valence-corrected chi connectivity index (χ2v) is 11.7. The fraction of sp³-hybridized carbons (Fsp3) is 0.500. The van der Waals surface area contributed by atoms with Gasteiger partial charge in [0.25, 0.3) is 0 Å². The summed E-state index contributed by atoms with van der Waals surface area (Å²) in [6, 6.07) is 5.26. The SMILES string of the molecule is Cc1ccc(CNC(=O)C2CCCN(S(=O)(=O)c3cc(-c4noc(C(C)C)n4)sc3C)C2)o1. The standard InChI is InChI=1S/C22H28N4O5S2/c1-13(2)22-24-20(25-31-22)18-10-19(15(4)32-18)33(28,29)26-9-5-6-16(12-26)21(27)23-11-17-8-7-14(3)30-17/h7-8,10,13,16H,5-6,9,11-12H2,1-4H3,(H,23,27). The number of carbonyl (C=O) groups is 1. The lowest BCUT2D eigenvalue weighted by Gasteiger charge is -2.31. The van der Waals surface area contributed by atoms with E-state index in [9.17, 15) is 13.2 Å². The highest BCUT2D eigenvalue weighted by atomic mass is 32.2. The third kappa shape index (κ3) is 5.04. The number of amides is 1. The summed E-state index contributed by atoms with van der Waals surface area (Å²) in [4.78, 5) is 18.6. The molecule has 1 aliphatic rings. The Kier molecular flexibility index (Phi) is 6.73. The van der Waals surface area contributed by atoms with E-state index in [1.807, 2.05) is 32.9 Å². The van der Waals surface area contributed by atoms with Crippen LogP contribution in [0.5, 0.6) is 0 Å². The van der Waals surface area contributed by atoms with E-state index in [4.69, 9.17) is 8.94 Å². The van der Waals surface area contributed by atoms with Gasteiger partial charge in [0, 0.05) is 23.9 Å². The largest absolute Gasteiger partial charge is 0.465 e. The summed E-state index contributed by atoms with van der Waals surface area (Å²) in [7, 11) is -3.76. The van der Waals surface area contributed by atoms with E-state index < -0.39 is 15.9 Å². The molecule has 0 radical (unpaired) electrons. The van der Waals surface area contributed by atoms with Crippen LogP contribution in [0.1, 0.15) is 54.9 Å². The number of aromatic nitrogens is 2. The molecule has 0 spiro atoms. The van der Waals surface area contributed by atoms with Crippen molar-refractivity contribution in [3.63, 3.8) is 0 Å². The summed E-state index contributed by atoms with van der Waals surface area (Å²) < 4.78 is 39.0. The number of nitrogens with one attached hydrogen (secondary N) is 1. The summed E-state index contributed by atoms with van der Waals surface area (Å²) in [5.74, 6) is 1.86. The van der Waals surface area contributed by atoms with Crippen LogP contribution in [0.2, 0.25) is 0 Å². The number of thiophene rings is 1. The van der Waals surface area contributed by atoms with Crippen LogP contribution in [-0.4, -0.2) is 41.9 Å². The van der Waals surface area contributed by atoms with Crippen molar-refractivity contribution in [2.75, 3.05) is 13.1 Å². The molecular weight excluding hydrogens is 464 g/mol. The Balaban J connectivity index is 1.47. The van der Waals surface area contributed by atoms with Crippen molar-refractivity contribution in [3.8, 4) is 10.7 Å². The molecule has 33 heavy (non-hydrogen) atoms. The molecule has 0 saturated carbocycles. The molecule has 1 atom stereocenters. The Bertz CT molecular complexity index is 1240. The van der Waals surface area contributed by atoms with E-state index >= 15 is 0 Å². The van der Waals surface area contributed by atoms with E-state index in [-0.39, 0.29) is 29.8 Å². The number of sulfonamides is 1. The average Bonchev–Trinajstić information content (AvgIpc) is 3.52. The Morgan fingerprint density at radius 2 is 2.12 bits per heavy atom. The number of hydrogen-bond donors (Lipinski definition) is 1. The molecular formula is C22H28N4O5S2. The number of piperidine rings is 1. The quantitative estimate of drug-likeness (QED) is 0.532. The van der Waals surface area contributed by atoms with Gasteiger partial charge in [-0.1, -0.05) is 19.0 Å². The molecule has 0 bridgehead atoms. The zero-order valence-corrected chi connectivity index (χ0v) is 20.8. The zero-order valence-electron chi connectivity index (χ0n) is 19.1. The predicted octanol–water partition coefficient (Wildman–Crippen LogP) is 3.85. The second-order valence-electron chi connectivity index (χ2n) is 8.57. The third-order valence-corrected chi connectivity index (χ3v) is 8.80. The van der Waals surface area contributed by atoms with Crippen molar-refractivity contribution < 1.29 is 22.2 Å². The van der Waals surface area contributed by atoms with Crippen molar-refractivity contribution in [1.82, 2.24) is 19.8 Å². The Labute approximate surface area is 197 Å². The van der Waals surface area contributed by atoms with Crippen LogP contribution < -0.4 is 5.32 Å². The summed E-state index contributed by atoms with van der Waals surface area (Å²) >= 11 is 1.32. The monoisotopic (exact) mass is 492 g/mol. The van der Waals surface area contributed by atoms with Gasteiger partial charge in [0.1, 0.15) is 11.5 Å². The number of hydrogen-bond acceptors (Lipinski definition) is 8. The van der Waals surface area contributed by atoms with E-state index in [2.05, 4.69) is 15.5 Å². The van der Waals surface area contributed by atoms with Gasteiger partial charge < -0.3 is 14.3 Å². The fourth-order valence-corrected chi connectivity index (χ4v) is 6.82. The minimum atomic E-state index is -3.76. The second kappa shape index (κ2) is 9.40. The Morgan fingerprint density at radius 1 is 1.33 bits per heavy atom. The van der Waals surface area contributed by atoms with Gasteiger partial charge in [-0.15, -0.1) is 11.3 Å². The molecule has 4 rings (SSSR count). The molecule has 9 nitrogen and oxygen atoms in total. The number of aryl methyl sites for hydroxylation is 2. The summed E-state index contributed by atoms with van der Waals surface area (Å²) in [5, 5.41) is 6.86. The van der Waals surface area contributed by atoms with Crippen LogP contribution in [-0.2, 0) is 21.4 Å². The molecule has 11 heteroatoms. The van der Waals surface area contributed by atoms with E-state index in [1.54, 1.807) is 13.0 Å². The highest BCUT2D eigenvalue weighted by Gasteiger charge is 2.35. The van der Waals surface area contributed by atoms with Gasteiger partial charge in [0.15, 0.2) is 0 Å². The summed E-state index contributed by atoms with van der Waals surface area (Å²) in [5.41, 5.74) is 0. The first-order valence-electron chi connectivity index (χ1n) is 10.9. The van der Waals surface area contributed by atoms with Crippen LogP contribution in [0.3, 0.4) is 0 Å². The number of nitrogens with zero attached hydrogens (tertiary/aromatic N) is 3. The van der Waals surface area contributed by atoms with Gasteiger partial charge in [-0.05, 0) is 44.9 Å². The van der Waals surface area contributed by atoms with Crippen molar-refractivity contribution in [2.45, 2.75) is 57.9 Å². The molecule has 1 unspecified atom stereocenters. The molecule has 1 N–H and O–H groups in total. The molecule has 178 valence electrons. The molecule has 1 fully saturated rings. The lowest BCUT2D eigenvalue weighted by Crippen LogP contribution is -2.45. The smallest absolute Gasteiger partial charge is 0.244 e. The van der Waals surface area contributed by atoms with E-state index in [0.29, 0.717) is 46.6 Å². The minimum Gasteiger partial charge on any atom is -0.465 e. The third-order valence-electron chi connectivity index (χ3n) is 5.63. The van der Waals surface area contributed by atoms with Crippen molar-refractivity contribution in [1.29, 1.82) is 0 Å². The highest BCUT2D eigenvalue weighted by Crippen LogP contribution is 2.35. The molecule has 1 aliphatic heterocycles. The molecule has 3 aromatic heterocycles. The maximum Gasteiger partial charge on any atom is 0.244 e. The molecule has 4 heterocycles. The van der Waals surface area contributed by atoms with Crippen LogP contribution in [0.15, 0.2) is 32.0 Å². The Morgan fingerprint density at radius 3 is 2.79 bits per heavy atom. The first-order valence-corrected chi connectivity index (χ1v) is 13.2. The minimum absolute atomic E-state index is 0.0868. The van der Waals surface area contributed by atoms with Crippen molar-refractivity contribution in [2.24, 2.45) is 5.92 Å². The van der Waals surface area contributed by atoms with Crippen LogP contribution in [0.25, 0.3) is 10.7 Å². The van der Waals surface area contributed by atoms with Crippen molar-refractivity contribution in [3.05, 3.63) is 40.5 Å². The lowest BCUT2D eigenvalue weighted by molar-refractivity contribution is -0.126. The summed E-state index contributed by atoms with van der Waals surface area (Å²) in [6.45, 7) is 8.32. The van der Waals surface area contributed by atoms with Gasteiger partial charge >= 0.3 is 0 Å². The van der Waals surface area contributed by atoms with E-state index in [0.717, 1.165) is 5.76 Å². The Hall–Kier alpha value is -2.50. The van der Waals surface area contributed by atoms with E-state index in [1.165, 1.54) is 15.6 Å². The van der Waals surface area contributed by atoms with Crippen LogP contribution >= 0.6 is 11.3 Å². The van der Waals surface area contributed by atoms with Crippen molar-refractivity contribution >= 4 is 27.3 Å². The zero-order chi connectivity index (χ0) is 23.8. The molecule has 0 aromatic carbocycles. The van der Waals surface area contributed by atoms with Crippen LogP contribution in [0.4, 0.5) is 0 Å². The molecule has 3 aromatic rings. The highest BCUT2D eigenvalue weighted by molar-refractivity contribution is 7.89. The van der Waals surface area contributed by atoms with Gasteiger partial charge in [0.05, 0.1) is 22.2 Å². The number of carbonyl (C=O) groups excluding carboxylic acids is 1. The molecule has 1 amide bonds. The lowest BCUT2D eigenvalue weighted by atomic mass is 9.99. The first kappa shape index (κ1) is 23.7. The number of rotatable bonds is 7. The van der Waals surface area contributed by atoms with Gasteiger partial charge in [-0.2, -0.15) is 9.29 Å².